The van der Waals surface area contributed by atoms with Gasteiger partial charge >= 0.3 is 0 Å². The molecule has 0 atom stereocenters. The minimum Gasteiger partial charge on any atom is -0.486 e. The van der Waals surface area contributed by atoms with Crippen molar-refractivity contribution in [1.82, 2.24) is 15.1 Å². The lowest BCUT2D eigenvalue weighted by molar-refractivity contribution is 0.305. The highest BCUT2D eigenvalue weighted by atomic mass is 32.2. The van der Waals surface area contributed by atoms with E-state index in [0.717, 1.165) is 21.2 Å². The minimum absolute atomic E-state index is 0.145. The van der Waals surface area contributed by atoms with Crippen molar-refractivity contribution >= 4 is 32.5 Å². The predicted octanol–water partition coefficient (Wildman–Crippen LogP) is 4.26. The van der Waals surface area contributed by atoms with Crippen LogP contribution in [0.15, 0.2) is 51.7 Å². The molecule has 10 heteroatoms. The van der Waals surface area contributed by atoms with Gasteiger partial charge < -0.3 is 9.26 Å². The van der Waals surface area contributed by atoms with E-state index in [4.69, 9.17) is 9.26 Å². The summed E-state index contributed by atoms with van der Waals surface area (Å²) in [4.78, 5) is 9.34. The highest BCUT2D eigenvalue weighted by Gasteiger charge is 2.20. The molecule has 0 N–H and O–H groups in total. The van der Waals surface area contributed by atoms with Crippen molar-refractivity contribution in [2.45, 2.75) is 25.0 Å². The highest BCUT2D eigenvalue weighted by Crippen LogP contribution is 2.23. The van der Waals surface area contributed by atoms with Crippen LogP contribution >= 0.6 is 22.7 Å². The second kappa shape index (κ2) is 8.44. The number of hydrogen-bond acceptors (Lipinski definition) is 9. The molecule has 0 unspecified atom stereocenters. The van der Waals surface area contributed by atoms with Crippen LogP contribution in [0.2, 0.25) is 0 Å². The van der Waals surface area contributed by atoms with Crippen LogP contribution in [0.1, 0.15) is 22.1 Å². The lowest BCUT2D eigenvalue weighted by Crippen LogP contribution is -2.09. The molecule has 0 bridgehead atoms. The molecular weight excluding hydrogens is 430 g/mol. The second-order valence-corrected chi connectivity index (χ2v) is 10.3. The summed E-state index contributed by atoms with van der Waals surface area (Å²) < 4.78 is 35.8. The topological polar surface area (TPSA) is 95.2 Å². The maximum Gasteiger partial charge on any atom is 0.268 e. The maximum absolute atomic E-state index is 12.5. The monoisotopic (exact) mass is 447 g/mol. The smallest absolute Gasteiger partial charge is 0.268 e. The Labute approximate surface area is 175 Å². The van der Waals surface area contributed by atoms with Gasteiger partial charge in [-0.05, 0) is 30.5 Å². The Hall–Kier alpha value is -2.56. The van der Waals surface area contributed by atoms with Crippen LogP contribution in [-0.2, 0) is 27.9 Å². The van der Waals surface area contributed by atoms with E-state index in [1.165, 1.54) is 22.7 Å². The highest BCUT2D eigenvalue weighted by molar-refractivity contribution is 7.89. The van der Waals surface area contributed by atoms with E-state index in [9.17, 15) is 8.42 Å². The predicted molar refractivity (Wildman–Crippen MR) is 112 cm³/mol. The van der Waals surface area contributed by atoms with Crippen molar-refractivity contribution in [2.75, 3.05) is 0 Å². The van der Waals surface area contributed by atoms with Crippen molar-refractivity contribution in [3.63, 3.8) is 0 Å². The largest absolute Gasteiger partial charge is 0.486 e. The van der Waals surface area contributed by atoms with Gasteiger partial charge in [0.2, 0.25) is 0 Å². The molecule has 3 heterocycles. The Morgan fingerprint density at radius 3 is 2.66 bits per heavy atom. The second-order valence-electron chi connectivity index (χ2n) is 6.36. The van der Waals surface area contributed by atoms with Crippen molar-refractivity contribution in [3.8, 4) is 16.5 Å². The van der Waals surface area contributed by atoms with E-state index >= 15 is 0 Å². The number of nitrogens with zero attached hydrogens (tertiary/aromatic N) is 3. The van der Waals surface area contributed by atoms with Gasteiger partial charge in [-0.15, -0.1) is 22.7 Å². The zero-order valence-corrected chi connectivity index (χ0v) is 17.9. The Bertz CT molecular complexity index is 1180. The number of hydrogen-bond donors (Lipinski definition) is 0. The number of rotatable bonds is 8. The van der Waals surface area contributed by atoms with Gasteiger partial charge in [0.1, 0.15) is 23.1 Å². The molecule has 1 aromatic carbocycles. The summed E-state index contributed by atoms with van der Waals surface area (Å²) in [6.07, 6.45) is 0. The first-order valence-electron chi connectivity index (χ1n) is 8.66. The van der Waals surface area contributed by atoms with E-state index in [0.29, 0.717) is 18.2 Å². The number of thiophene rings is 1. The first-order chi connectivity index (χ1) is 14.0. The number of aryl methyl sites for hydroxylation is 1. The van der Waals surface area contributed by atoms with E-state index < -0.39 is 9.84 Å². The third-order valence-corrected chi connectivity index (χ3v) is 7.06. The standard InChI is InChI=1S/C19H17N3O4S3/c1-13-4-6-15(7-5-13)25-9-18-20-14(10-28-18)11-29(23,24)12-17-21-19(26-22-17)16-3-2-8-27-16/h2-8,10H,9,11-12H2,1H3. The van der Waals surface area contributed by atoms with Crippen LogP contribution < -0.4 is 4.74 Å². The molecule has 0 radical (unpaired) electrons. The average molecular weight is 448 g/mol. The molecule has 0 spiro atoms. The fourth-order valence-corrected chi connectivity index (χ4v) is 5.21. The summed E-state index contributed by atoms with van der Waals surface area (Å²) in [6.45, 7) is 2.30. The molecule has 3 aromatic heterocycles. The summed E-state index contributed by atoms with van der Waals surface area (Å²) >= 11 is 2.82. The third kappa shape index (κ3) is 5.28. The maximum atomic E-state index is 12.5. The molecule has 4 rings (SSSR count). The Morgan fingerprint density at radius 1 is 1.07 bits per heavy atom. The van der Waals surface area contributed by atoms with Gasteiger partial charge in [-0.1, -0.05) is 28.9 Å². The van der Waals surface area contributed by atoms with Crippen molar-refractivity contribution < 1.29 is 17.7 Å². The molecule has 0 amide bonds. The van der Waals surface area contributed by atoms with E-state index in [1.807, 2.05) is 48.7 Å². The zero-order chi connectivity index (χ0) is 20.3. The summed E-state index contributed by atoms with van der Waals surface area (Å²) in [6, 6.07) is 11.4. The van der Waals surface area contributed by atoms with E-state index in [-0.39, 0.29) is 17.3 Å². The molecule has 0 saturated carbocycles. The van der Waals surface area contributed by atoms with Gasteiger partial charge in [0.05, 0.1) is 16.3 Å². The SMILES string of the molecule is Cc1ccc(OCc2nc(CS(=O)(=O)Cc3noc(-c4cccs4)n3)cs2)cc1. The Morgan fingerprint density at radius 2 is 1.90 bits per heavy atom. The quantitative estimate of drug-likeness (QED) is 0.398. The van der Waals surface area contributed by atoms with Crippen LogP contribution in [0, 0.1) is 6.92 Å². The van der Waals surface area contributed by atoms with Crippen molar-refractivity contribution in [2.24, 2.45) is 0 Å². The lowest BCUT2D eigenvalue weighted by atomic mass is 10.2. The number of ether oxygens (including phenoxy) is 1. The molecule has 0 aliphatic rings. The number of sulfone groups is 1. The lowest BCUT2D eigenvalue weighted by Gasteiger charge is -2.04. The third-order valence-electron chi connectivity index (χ3n) is 3.90. The van der Waals surface area contributed by atoms with Crippen molar-refractivity contribution in [3.05, 3.63) is 69.2 Å². The first-order valence-corrected chi connectivity index (χ1v) is 12.2. The van der Waals surface area contributed by atoms with Gasteiger partial charge in [-0.3, -0.25) is 0 Å². The van der Waals surface area contributed by atoms with E-state index in [2.05, 4.69) is 15.1 Å². The van der Waals surface area contributed by atoms with Crippen LogP contribution in [0.25, 0.3) is 10.8 Å². The Kier molecular flexibility index (Phi) is 5.74. The molecular formula is C19H17N3O4S3. The van der Waals surface area contributed by atoms with Gasteiger partial charge in [0, 0.05) is 5.38 Å². The van der Waals surface area contributed by atoms with Gasteiger partial charge in [0.25, 0.3) is 5.89 Å². The van der Waals surface area contributed by atoms with Crippen LogP contribution in [0.5, 0.6) is 5.75 Å². The number of benzene rings is 1. The molecule has 0 fully saturated rings. The van der Waals surface area contributed by atoms with E-state index in [1.54, 1.807) is 5.38 Å². The summed E-state index contributed by atoms with van der Waals surface area (Å²) in [5.41, 5.74) is 1.64. The first kappa shape index (κ1) is 19.7. The summed E-state index contributed by atoms with van der Waals surface area (Å²) in [5.74, 6) is 0.741. The van der Waals surface area contributed by atoms with Crippen LogP contribution in [0.3, 0.4) is 0 Å². The van der Waals surface area contributed by atoms with Crippen molar-refractivity contribution in [1.29, 1.82) is 0 Å². The molecule has 0 saturated heterocycles. The van der Waals surface area contributed by atoms with Gasteiger partial charge in [-0.25, -0.2) is 13.4 Å². The van der Waals surface area contributed by atoms with Gasteiger partial charge in [0.15, 0.2) is 15.7 Å². The molecule has 4 aromatic rings. The summed E-state index contributed by atoms with van der Waals surface area (Å²) in [7, 11) is -3.48. The van der Waals surface area contributed by atoms with Gasteiger partial charge in [-0.2, -0.15) is 4.98 Å². The molecule has 0 aliphatic heterocycles. The fraction of sp³-hybridized carbons (Fsp3) is 0.211. The number of thiazole rings is 1. The minimum atomic E-state index is -3.48. The molecule has 29 heavy (non-hydrogen) atoms. The molecule has 150 valence electrons. The molecule has 0 aliphatic carbocycles. The fourth-order valence-electron chi connectivity index (χ4n) is 2.55. The Balaban J connectivity index is 1.35. The number of aromatic nitrogens is 3. The summed E-state index contributed by atoms with van der Waals surface area (Å²) in [5, 5.41) is 8.12. The zero-order valence-electron chi connectivity index (χ0n) is 15.4. The normalized spacial score (nSPS) is 11.6. The molecule has 7 nitrogen and oxygen atoms in total. The van der Waals surface area contributed by atoms with Crippen LogP contribution in [0.4, 0.5) is 0 Å². The van der Waals surface area contributed by atoms with Crippen LogP contribution in [-0.4, -0.2) is 23.5 Å². The average Bonchev–Trinajstić information content (AvgIpc) is 3.42.